The molecule has 0 aliphatic rings. The summed E-state index contributed by atoms with van der Waals surface area (Å²) in [6, 6.07) is 19.5. The summed E-state index contributed by atoms with van der Waals surface area (Å²) in [5, 5.41) is 0. The van der Waals surface area contributed by atoms with Crippen LogP contribution >= 0.6 is 0 Å². The molecule has 2 rings (SSSR count). The van der Waals surface area contributed by atoms with E-state index in [4.69, 9.17) is 9.47 Å². The van der Waals surface area contributed by atoms with Crippen LogP contribution in [0.15, 0.2) is 60.7 Å². The maximum atomic E-state index is 13.5. The molecule has 0 aliphatic heterocycles. The lowest BCUT2D eigenvalue weighted by Gasteiger charge is -2.28. The van der Waals surface area contributed by atoms with Crippen LogP contribution in [0.4, 0.5) is 0 Å². The van der Waals surface area contributed by atoms with Crippen molar-refractivity contribution in [1.82, 2.24) is 4.90 Å². The van der Waals surface area contributed by atoms with E-state index >= 15 is 0 Å². The second-order valence-corrected chi connectivity index (χ2v) is 6.46. The fraction of sp³-hybridized carbons (Fsp3) is 0.391. The minimum Gasteiger partial charge on any atom is -0.469 e. The van der Waals surface area contributed by atoms with Crippen LogP contribution in [0.2, 0.25) is 0 Å². The van der Waals surface area contributed by atoms with Crippen molar-refractivity contribution >= 4 is 11.9 Å². The quantitative estimate of drug-likeness (QED) is 0.439. The van der Waals surface area contributed by atoms with Crippen molar-refractivity contribution in [3.8, 4) is 0 Å². The molecule has 28 heavy (non-hydrogen) atoms. The van der Waals surface area contributed by atoms with Crippen LogP contribution in [-0.2, 0) is 19.1 Å². The average Bonchev–Trinajstić information content (AvgIpc) is 2.74. The molecule has 0 radical (unpaired) electrons. The van der Waals surface area contributed by atoms with Gasteiger partial charge in [-0.2, -0.15) is 0 Å². The van der Waals surface area contributed by atoms with Crippen molar-refractivity contribution in [2.45, 2.75) is 25.7 Å². The molecule has 2 aromatic carbocycles. The summed E-state index contributed by atoms with van der Waals surface area (Å²) in [6.45, 7) is 4.04. The lowest BCUT2D eigenvalue weighted by atomic mass is 9.90. The highest BCUT2D eigenvalue weighted by Gasteiger charge is 2.27. The monoisotopic (exact) mass is 383 g/mol. The van der Waals surface area contributed by atoms with Crippen LogP contribution in [-0.4, -0.2) is 50.2 Å². The van der Waals surface area contributed by atoms with Crippen LogP contribution < -0.4 is 0 Å². The standard InChI is InChI=1S/C23H29NO4/c1-3-28-18-10-16-24(17-15-21(25)27-2)23(26)22(19-11-6-4-7-12-19)20-13-8-5-9-14-20/h4-9,11-14,22H,3,10,15-18H2,1-2H3. The number of esters is 1. The third-order valence-corrected chi connectivity index (χ3v) is 4.56. The lowest BCUT2D eigenvalue weighted by Crippen LogP contribution is -2.38. The normalized spacial score (nSPS) is 10.7. The zero-order chi connectivity index (χ0) is 20.2. The number of ether oxygens (including phenoxy) is 2. The summed E-state index contributed by atoms with van der Waals surface area (Å²) < 4.78 is 10.2. The summed E-state index contributed by atoms with van der Waals surface area (Å²) in [6.07, 6.45) is 0.893. The van der Waals surface area contributed by atoms with Gasteiger partial charge in [0, 0.05) is 26.3 Å². The third-order valence-electron chi connectivity index (χ3n) is 4.56. The van der Waals surface area contributed by atoms with Gasteiger partial charge in [0.2, 0.25) is 5.91 Å². The minimum atomic E-state index is -0.410. The molecule has 0 spiro atoms. The molecule has 0 N–H and O–H groups in total. The van der Waals surface area contributed by atoms with Crippen molar-refractivity contribution in [2.24, 2.45) is 0 Å². The van der Waals surface area contributed by atoms with Gasteiger partial charge in [0.15, 0.2) is 0 Å². The van der Waals surface area contributed by atoms with E-state index in [2.05, 4.69) is 0 Å². The smallest absolute Gasteiger partial charge is 0.307 e. The van der Waals surface area contributed by atoms with E-state index in [-0.39, 0.29) is 18.3 Å². The van der Waals surface area contributed by atoms with E-state index < -0.39 is 5.92 Å². The summed E-state index contributed by atoms with van der Waals surface area (Å²) in [5.41, 5.74) is 1.87. The molecular weight excluding hydrogens is 354 g/mol. The zero-order valence-corrected chi connectivity index (χ0v) is 16.7. The first-order valence-corrected chi connectivity index (χ1v) is 9.70. The Bertz CT molecular complexity index is 678. The zero-order valence-electron chi connectivity index (χ0n) is 16.7. The predicted octanol–water partition coefficient (Wildman–Crippen LogP) is 3.64. The van der Waals surface area contributed by atoms with Gasteiger partial charge in [-0.1, -0.05) is 60.7 Å². The molecule has 0 heterocycles. The molecule has 0 aliphatic carbocycles. The highest BCUT2D eigenvalue weighted by Crippen LogP contribution is 2.27. The van der Waals surface area contributed by atoms with E-state index in [1.807, 2.05) is 67.6 Å². The molecule has 0 fully saturated rings. The summed E-state index contributed by atoms with van der Waals surface area (Å²) >= 11 is 0. The second-order valence-electron chi connectivity index (χ2n) is 6.46. The Kier molecular flexibility index (Phi) is 9.22. The van der Waals surface area contributed by atoms with Crippen LogP contribution in [0.25, 0.3) is 0 Å². The van der Waals surface area contributed by atoms with Gasteiger partial charge in [-0.3, -0.25) is 9.59 Å². The molecule has 0 bridgehead atoms. The molecule has 0 unspecified atom stereocenters. The lowest BCUT2D eigenvalue weighted by molar-refractivity contribution is -0.141. The number of methoxy groups -OCH3 is 1. The SMILES string of the molecule is CCOCCCN(CCC(=O)OC)C(=O)C(c1ccccc1)c1ccccc1. The molecule has 5 heteroatoms. The van der Waals surface area contributed by atoms with Crippen molar-refractivity contribution < 1.29 is 19.1 Å². The maximum absolute atomic E-state index is 13.5. The molecule has 0 saturated heterocycles. The maximum Gasteiger partial charge on any atom is 0.307 e. The van der Waals surface area contributed by atoms with Gasteiger partial charge in [-0.15, -0.1) is 0 Å². The molecule has 1 amide bonds. The molecule has 0 saturated carbocycles. The number of nitrogens with zero attached hydrogens (tertiary/aromatic N) is 1. The first kappa shape index (κ1) is 21.6. The van der Waals surface area contributed by atoms with Gasteiger partial charge in [-0.25, -0.2) is 0 Å². The van der Waals surface area contributed by atoms with Gasteiger partial charge in [-0.05, 0) is 24.5 Å². The second kappa shape index (κ2) is 11.9. The van der Waals surface area contributed by atoms with Crippen molar-refractivity contribution in [1.29, 1.82) is 0 Å². The highest BCUT2D eigenvalue weighted by atomic mass is 16.5. The van der Waals surface area contributed by atoms with E-state index in [1.54, 1.807) is 4.90 Å². The fourth-order valence-electron chi connectivity index (χ4n) is 3.11. The Balaban J connectivity index is 2.25. The largest absolute Gasteiger partial charge is 0.469 e. The summed E-state index contributed by atoms with van der Waals surface area (Å²) in [4.78, 5) is 26.9. The average molecular weight is 383 g/mol. The Hall–Kier alpha value is -2.66. The number of carbonyl (C=O) groups is 2. The fourth-order valence-corrected chi connectivity index (χ4v) is 3.11. The van der Waals surface area contributed by atoms with E-state index in [0.717, 1.165) is 17.5 Å². The van der Waals surface area contributed by atoms with Crippen molar-refractivity contribution in [2.75, 3.05) is 33.4 Å². The Morgan fingerprint density at radius 3 is 2.00 bits per heavy atom. The first-order chi connectivity index (χ1) is 13.7. The van der Waals surface area contributed by atoms with E-state index in [0.29, 0.717) is 26.3 Å². The van der Waals surface area contributed by atoms with Crippen LogP contribution in [0.1, 0.15) is 36.8 Å². The number of hydrogen-bond donors (Lipinski definition) is 0. The number of carbonyl (C=O) groups excluding carboxylic acids is 2. The Morgan fingerprint density at radius 1 is 0.929 bits per heavy atom. The number of rotatable bonds is 11. The van der Waals surface area contributed by atoms with E-state index in [9.17, 15) is 9.59 Å². The first-order valence-electron chi connectivity index (χ1n) is 9.70. The molecule has 5 nitrogen and oxygen atoms in total. The van der Waals surface area contributed by atoms with Crippen molar-refractivity contribution in [3.63, 3.8) is 0 Å². The number of hydrogen-bond acceptors (Lipinski definition) is 4. The van der Waals surface area contributed by atoms with Gasteiger partial charge in [0.1, 0.15) is 0 Å². The highest BCUT2D eigenvalue weighted by molar-refractivity contribution is 5.87. The number of benzene rings is 2. The predicted molar refractivity (Wildman–Crippen MR) is 109 cm³/mol. The summed E-state index contributed by atoms with van der Waals surface area (Å²) in [7, 11) is 1.36. The Morgan fingerprint density at radius 2 is 1.50 bits per heavy atom. The molecule has 0 aromatic heterocycles. The third kappa shape index (κ3) is 6.50. The van der Waals surface area contributed by atoms with Crippen LogP contribution in [0, 0.1) is 0 Å². The van der Waals surface area contributed by atoms with Crippen molar-refractivity contribution in [3.05, 3.63) is 71.8 Å². The van der Waals surface area contributed by atoms with Gasteiger partial charge < -0.3 is 14.4 Å². The van der Waals surface area contributed by atoms with E-state index in [1.165, 1.54) is 7.11 Å². The Labute approximate surface area is 167 Å². The van der Waals surface area contributed by atoms with Gasteiger partial charge in [0.05, 0.1) is 19.4 Å². The molecule has 2 aromatic rings. The molecular formula is C23H29NO4. The van der Waals surface area contributed by atoms with Gasteiger partial charge in [0.25, 0.3) is 0 Å². The van der Waals surface area contributed by atoms with Crippen LogP contribution in [0.5, 0.6) is 0 Å². The molecule has 150 valence electrons. The molecule has 0 atom stereocenters. The number of amides is 1. The van der Waals surface area contributed by atoms with Crippen LogP contribution in [0.3, 0.4) is 0 Å². The topological polar surface area (TPSA) is 55.8 Å². The summed E-state index contributed by atoms with van der Waals surface area (Å²) in [5.74, 6) is -0.747. The van der Waals surface area contributed by atoms with Gasteiger partial charge >= 0.3 is 5.97 Å². The minimum absolute atomic E-state index is 0.0159.